The van der Waals surface area contributed by atoms with Crippen LogP contribution in [0.25, 0.3) is 0 Å². The number of aliphatic hydroxyl groups is 1. The highest BCUT2D eigenvalue weighted by atomic mass is 16.6. The van der Waals surface area contributed by atoms with Crippen molar-refractivity contribution in [2.24, 2.45) is 0 Å². The number of rotatable bonds is 5. The Morgan fingerprint density at radius 3 is 2.32 bits per heavy atom. The molecule has 19 heavy (non-hydrogen) atoms. The molecule has 1 aromatic carbocycles. The third kappa shape index (κ3) is 6.82. The first-order chi connectivity index (χ1) is 8.90. The minimum atomic E-state index is -0.454. The number of carbonyl (C=O) groups excluding carboxylic acids is 1. The van der Waals surface area contributed by atoms with Gasteiger partial charge in [-0.05, 0) is 44.7 Å². The molecule has 1 rings (SSSR count). The van der Waals surface area contributed by atoms with Crippen LogP contribution in [-0.2, 0) is 17.8 Å². The van der Waals surface area contributed by atoms with Crippen molar-refractivity contribution < 1.29 is 14.6 Å². The maximum absolute atomic E-state index is 11.4. The zero-order valence-electron chi connectivity index (χ0n) is 11.9. The number of aliphatic hydroxyl groups excluding tert-OH is 1. The normalized spacial score (nSPS) is 11.2. The summed E-state index contributed by atoms with van der Waals surface area (Å²) in [6, 6.07) is 7.82. The van der Waals surface area contributed by atoms with Crippen molar-refractivity contribution in [2.75, 3.05) is 6.54 Å². The molecule has 0 radical (unpaired) electrons. The Kier molecular flexibility index (Phi) is 5.83. The minimum absolute atomic E-state index is 0.0699. The van der Waals surface area contributed by atoms with Crippen molar-refractivity contribution in [3.8, 4) is 0 Å². The molecule has 0 heterocycles. The SMILES string of the molecule is CC(C)(C)OC(=O)NCCCc1ccc(CO)cc1. The molecule has 0 aromatic heterocycles. The van der Waals surface area contributed by atoms with Gasteiger partial charge in [-0.3, -0.25) is 0 Å². The van der Waals surface area contributed by atoms with E-state index < -0.39 is 5.60 Å². The van der Waals surface area contributed by atoms with Gasteiger partial charge in [-0.25, -0.2) is 4.79 Å². The monoisotopic (exact) mass is 265 g/mol. The van der Waals surface area contributed by atoms with Crippen LogP contribution in [0.1, 0.15) is 38.3 Å². The number of nitrogens with one attached hydrogen (secondary N) is 1. The lowest BCUT2D eigenvalue weighted by Crippen LogP contribution is -2.33. The van der Waals surface area contributed by atoms with Crippen molar-refractivity contribution in [1.29, 1.82) is 0 Å². The van der Waals surface area contributed by atoms with Gasteiger partial charge in [0, 0.05) is 6.54 Å². The highest BCUT2D eigenvalue weighted by Gasteiger charge is 2.15. The summed E-state index contributed by atoms with van der Waals surface area (Å²) >= 11 is 0. The Hall–Kier alpha value is -1.55. The number of alkyl carbamates (subject to hydrolysis) is 1. The first-order valence-corrected chi connectivity index (χ1v) is 6.56. The maximum atomic E-state index is 11.4. The van der Waals surface area contributed by atoms with E-state index in [9.17, 15) is 4.79 Å². The molecule has 0 bridgehead atoms. The molecule has 0 fully saturated rings. The average molecular weight is 265 g/mol. The van der Waals surface area contributed by atoms with Gasteiger partial charge >= 0.3 is 6.09 Å². The molecule has 0 unspecified atom stereocenters. The van der Waals surface area contributed by atoms with Gasteiger partial charge in [0.1, 0.15) is 5.60 Å². The van der Waals surface area contributed by atoms with Crippen molar-refractivity contribution in [2.45, 2.75) is 45.8 Å². The molecular weight excluding hydrogens is 242 g/mol. The number of ether oxygens (including phenoxy) is 1. The summed E-state index contributed by atoms with van der Waals surface area (Å²) in [5.74, 6) is 0. The maximum Gasteiger partial charge on any atom is 0.407 e. The van der Waals surface area contributed by atoms with E-state index in [-0.39, 0.29) is 12.7 Å². The Bertz CT molecular complexity index is 393. The van der Waals surface area contributed by atoms with Gasteiger partial charge in [-0.2, -0.15) is 0 Å². The predicted octanol–water partition coefficient (Wildman–Crippen LogP) is 2.64. The van der Waals surface area contributed by atoms with Gasteiger partial charge in [0.15, 0.2) is 0 Å². The zero-order valence-corrected chi connectivity index (χ0v) is 11.9. The Labute approximate surface area is 114 Å². The lowest BCUT2D eigenvalue weighted by molar-refractivity contribution is 0.0527. The van der Waals surface area contributed by atoms with E-state index in [0.717, 1.165) is 18.4 Å². The van der Waals surface area contributed by atoms with E-state index in [4.69, 9.17) is 9.84 Å². The number of amides is 1. The topological polar surface area (TPSA) is 58.6 Å². The fraction of sp³-hybridized carbons (Fsp3) is 0.533. The van der Waals surface area contributed by atoms with E-state index in [2.05, 4.69) is 5.32 Å². The molecule has 106 valence electrons. The third-order valence-electron chi connectivity index (χ3n) is 2.52. The Balaban J connectivity index is 2.21. The molecule has 0 spiro atoms. The lowest BCUT2D eigenvalue weighted by atomic mass is 10.1. The van der Waals surface area contributed by atoms with Crippen LogP contribution >= 0.6 is 0 Å². The summed E-state index contributed by atoms with van der Waals surface area (Å²) in [6.07, 6.45) is 1.38. The largest absolute Gasteiger partial charge is 0.444 e. The summed E-state index contributed by atoms with van der Waals surface area (Å²) in [6.45, 7) is 6.19. The molecule has 4 heteroatoms. The molecule has 0 saturated heterocycles. The fourth-order valence-corrected chi connectivity index (χ4v) is 1.61. The van der Waals surface area contributed by atoms with Crippen molar-refractivity contribution >= 4 is 6.09 Å². The molecule has 0 saturated carbocycles. The molecule has 2 N–H and O–H groups in total. The van der Waals surface area contributed by atoms with Crippen LogP contribution in [0.15, 0.2) is 24.3 Å². The average Bonchev–Trinajstić information content (AvgIpc) is 2.33. The van der Waals surface area contributed by atoms with Crippen molar-refractivity contribution in [3.63, 3.8) is 0 Å². The Morgan fingerprint density at radius 2 is 1.79 bits per heavy atom. The third-order valence-corrected chi connectivity index (χ3v) is 2.52. The molecular formula is C15H23NO3. The summed E-state index contributed by atoms with van der Waals surface area (Å²) < 4.78 is 5.14. The molecule has 0 aliphatic rings. The second kappa shape index (κ2) is 7.14. The fourth-order valence-electron chi connectivity index (χ4n) is 1.61. The predicted molar refractivity (Wildman–Crippen MR) is 74.9 cm³/mol. The van der Waals surface area contributed by atoms with Crippen LogP contribution in [0.2, 0.25) is 0 Å². The van der Waals surface area contributed by atoms with Crippen LogP contribution in [0.5, 0.6) is 0 Å². The van der Waals surface area contributed by atoms with E-state index in [1.54, 1.807) is 0 Å². The van der Waals surface area contributed by atoms with E-state index in [1.165, 1.54) is 5.56 Å². The van der Waals surface area contributed by atoms with Gasteiger partial charge in [0.2, 0.25) is 0 Å². The van der Waals surface area contributed by atoms with Crippen LogP contribution < -0.4 is 5.32 Å². The van der Waals surface area contributed by atoms with Crippen LogP contribution in [0.3, 0.4) is 0 Å². The van der Waals surface area contributed by atoms with Gasteiger partial charge in [0.05, 0.1) is 6.61 Å². The molecule has 1 aromatic rings. The van der Waals surface area contributed by atoms with E-state index >= 15 is 0 Å². The highest BCUT2D eigenvalue weighted by Crippen LogP contribution is 2.08. The van der Waals surface area contributed by atoms with Gasteiger partial charge in [-0.1, -0.05) is 24.3 Å². The molecule has 0 aliphatic carbocycles. The smallest absolute Gasteiger partial charge is 0.407 e. The highest BCUT2D eigenvalue weighted by molar-refractivity contribution is 5.67. The summed E-state index contributed by atoms with van der Waals surface area (Å²) in [4.78, 5) is 11.4. The van der Waals surface area contributed by atoms with Gasteiger partial charge < -0.3 is 15.2 Å². The van der Waals surface area contributed by atoms with Gasteiger partial charge in [-0.15, -0.1) is 0 Å². The standard InChI is InChI=1S/C15H23NO3/c1-15(2,3)19-14(18)16-10-4-5-12-6-8-13(11-17)9-7-12/h6-9,17H,4-5,10-11H2,1-3H3,(H,16,18). The first-order valence-electron chi connectivity index (χ1n) is 6.56. The van der Waals surface area contributed by atoms with Crippen molar-refractivity contribution in [1.82, 2.24) is 5.32 Å². The Morgan fingerprint density at radius 1 is 1.21 bits per heavy atom. The zero-order chi connectivity index (χ0) is 14.3. The number of benzene rings is 1. The van der Waals surface area contributed by atoms with E-state index in [0.29, 0.717) is 6.54 Å². The molecule has 0 atom stereocenters. The second-order valence-electron chi connectivity index (χ2n) is 5.51. The van der Waals surface area contributed by atoms with Crippen LogP contribution in [0.4, 0.5) is 4.79 Å². The van der Waals surface area contributed by atoms with Gasteiger partial charge in [0.25, 0.3) is 0 Å². The van der Waals surface area contributed by atoms with Crippen LogP contribution in [-0.4, -0.2) is 23.3 Å². The van der Waals surface area contributed by atoms with Crippen molar-refractivity contribution in [3.05, 3.63) is 35.4 Å². The number of carbonyl (C=O) groups is 1. The summed E-state index contributed by atoms with van der Waals surface area (Å²) in [5, 5.41) is 11.7. The first kappa shape index (κ1) is 15.5. The molecule has 4 nitrogen and oxygen atoms in total. The molecule has 1 amide bonds. The molecule has 0 aliphatic heterocycles. The van der Waals surface area contributed by atoms with E-state index in [1.807, 2.05) is 45.0 Å². The summed E-state index contributed by atoms with van der Waals surface area (Å²) in [7, 11) is 0. The quantitative estimate of drug-likeness (QED) is 0.805. The lowest BCUT2D eigenvalue weighted by Gasteiger charge is -2.19. The minimum Gasteiger partial charge on any atom is -0.444 e. The number of hydrogen-bond donors (Lipinski definition) is 2. The summed E-state index contributed by atoms with van der Waals surface area (Å²) in [5.41, 5.74) is 1.66. The van der Waals surface area contributed by atoms with Crippen LogP contribution in [0, 0.1) is 0 Å². The second-order valence-corrected chi connectivity index (χ2v) is 5.51. The number of aryl methyl sites for hydroxylation is 1. The number of hydrogen-bond acceptors (Lipinski definition) is 3.